The first-order chi connectivity index (χ1) is 26.0. The predicted octanol–water partition coefficient (Wildman–Crippen LogP) is 9.14. The molecule has 10 N–H and O–H groups in total. The lowest BCUT2D eigenvalue weighted by atomic mass is 9.93. The maximum absolute atomic E-state index is 11.3. The van der Waals surface area contributed by atoms with Crippen LogP contribution in [0.1, 0.15) is 0 Å². The average Bonchev–Trinajstić information content (AvgIpc) is 3.21. The van der Waals surface area contributed by atoms with Crippen LogP contribution in [0.25, 0.3) is 32.3 Å². The molecule has 0 atom stereocenters. The number of rotatable bonds is 6. The first-order valence-electron chi connectivity index (χ1n) is 16.5. The molecular formula is C42H30N2O10. The molecule has 0 aliphatic carbocycles. The molecule has 54 heavy (non-hydrogen) atoms. The Morgan fingerprint density at radius 3 is 0.907 bits per heavy atom. The summed E-state index contributed by atoms with van der Waals surface area (Å²) in [6.07, 6.45) is 0. The highest BCUT2D eigenvalue weighted by Crippen LogP contribution is 2.61. The van der Waals surface area contributed by atoms with Crippen molar-refractivity contribution >= 4 is 66.4 Å². The van der Waals surface area contributed by atoms with E-state index >= 15 is 0 Å². The lowest BCUT2D eigenvalue weighted by Crippen LogP contribution is -2.12. The third kappa shape index (κ3) is 4.85. The predicted molar refractivity (Wildman–Crippen MR) is 205 cm³/mol. The number of hydrogen-bond donors (Lipinski definition) is 10. The first kappa shape index (κ1) is 33.3. The zero-order chi connectivity index (χ0) is 38.0. The van der Waals surface area contributed by atoms with Crippen molar-refractivity contribution in [2.24, 2.45) is 0 Å². The summed E-state index contributed by atoms with van der Waals surface area (Å²) < 4.78 is 0. The molecule has 0 fully saturated rings. The Kier molecular flexibility index (Phi) is 7.66. The van der Waals surface area contributed by atoms with Crippen LogP contribution in [-0.4, -0.2) is 51.1 Å². The number of benzene rings is 8. The molecule has 8 aromatic rings. The highest BCUT2D eigenvalue weighted by atomic mass is 16.4. The van der Waals surface area contributed by atoms with Gasteiger partial charge in [0.2, 0.25) is 34.5 Å². The van der Waals surface area contributed by atoms with Gasteiger partial charge in [0.25, 0.3) is 0 Å². The lowest BCUT2D eigenvalue weighted by Gasteiger charge is -2.31. The monoisotopic (exact) mass is 722 g/mol. The second kappa shape index (κ2) is 12.4. The van der Waals surface area contributed by atoms with Crippen LogP contribution in [-0.2, 0) is 0 Å². The Bertz CT molecular complexity index is 2550. The number of fused-ring (bicyclic) bond motifs is 5. The topological polar surface area (TPSA) is 209 Å². The van der Waals surface area contributed by atoms with Gasteiger partial charge in [0.1, 0.15) is 11.4 Å². The SMILES string of the molecule is Oc1c(O)c(O)c(N(c2ccccc2)c2cc3cc(N(c4ccccc4)c4c(O)c(O)c(O)c(O)c4O)c4ccccc4c3c3ccccc23)c(O)c1O. The average molecular weight is 723 g/mol. The number of aromatic hydroxyl groups is 10. The molecule has 0 unspecified atom stereocenters. The zero-order valence-corrected chi connectivity index (χ0v) is 27.9. The van der Waals surface area contributed by atoms with Crippen LogP contribution in [0, 0.1) is 0 Å². The quantitative estimate of drug-likeness (QED) is 0.0443. The molecule has 0 heterocycles. The number of phenolic OH excluding ortho intramolecular Hbond substituents is 10. The van der Waals surface area contributed by atoms with Gasteiger partial charge in [0, 0.05) is 22.1 Å². The molecule has 0 saturated heterocycles. The fourth-order valence-corrected chi connectivity index (χ4v) is 7.01. The molecule has 0 spiro atoms. The van der Waals surface area contributed by atoms with Crippen LogP contribution in [0.5, 0.6) is 57.5 Å². The van der Waals surface area contributed by atoms with Crippen molar-refractivity contribution < 1.29 is 51.1 Å². The minimum atomic E-state index is -1.11. The number of anilines is 6. The summed E-state index contributed by atoms with van der Waals surface area (Å²) >= 11 is 0. The normalized spacial score (nSPS) is 11.3. The molecule has 0 aliphatic rings. The Morgan fingerprint density at radius 2 is 0.574 bits per heavy atom. The van der Waals surface area contributed by atoms with Gasteiger partial charge >= 0.3 is 0 Å². The Labute approximate surface area is 305 Å². The van der Waals surface area contributed by atoms with E-state index < -0.39 is 68.9 Å². The van der Waals surface area contributed by atoms with Crippen LogP contribution < -0.4 is 9.80 Å². The molecule has 8 rings (SSSR count). The van der Waals surface area contributed by atoms with Crippen molar-refractivity contribution in [1.82, 2.24) is 0 Å². The number of para-hydroxylation sites is 2. The first-order valence-corrected chi connectivity index (χ1v) is 16.5. The molecule has 0 aromatic heterocycles. The van der Waals surface area contributed by atoms with Gasteiger partial charge in [-0.25, -0.2) is 0 Å². The van der Waals surface area contributed by atoms with Gasteiger partial charge in [0.15, 0.2) is 23.0 Å². The van der Waals surface area contributed by atoms with E-state index in [-0.39, 0.29) is 0 Å². The van der Waals surface area contributed by atoms with Gasteiger partial charge in [0.05, 0.1) is 11.4 Å². The smallest absolute Gasteiger partial charge is 0.208 e. The molecule has 0 saturated carbocycles. The summed E-state index contributed by atoms with van der Waals surface area (Å²) in [5.41, 5.74) is 0.587. The minimum absolute atomic E-state index is 0.345. The van der Waals surface area contributed by atoms with Crippen molar-refractivity contribution in [3.05, 3.63) is 121 Å². The molecule has 8 aromatic carbocycles. The van der Waals surface area contributed by atoms with Gasteiger partial charge in [-0.15, -0.1) is 0 Å². The summed E-state index contributed by atoms with van der Waals surface area (Å²) in [4.78, 5) is 2.84. The maximum Gasteiger partial charge on any atom is 0.208 e. The van der Waals surface area contributed by atoms with Gasteiger partial charge < -0.3 is 60.9 Å². The number of nitrogens with zero attached hydrogens (tertiary/aromatic N) is 2. The zero-order valence-electron chi connectivity index (χ0n) is 27.9. The summed E-state index contributed by atoms with van der Waals surface area (Å²) in [6.45, 7) is 0. The summed E-state index contributed by atoms with van der Waals surface area (Å²) in [5, 5.41) is 112. The van der Waals surface area contributed by atoms with Crippen LogP contribution in [0.4, 0.5) is 34.1 Å². The standard InChI is InChI=1S/C42H30N2O10/c45-33-31(34(46)38(50)41(53)37(33)49)43(22-11-3-1-4-12-22)28-19-21-20-29(25-16-8-10-18-27(25)30(21)26-17-9-7-15-24(26)28)44(23-13-5-2-6-14-23)32-35(47)39(51)42(54)40(52)36(32)48/h1-20,45-54H. The Morgan fingerprint density at radius 1 is 0.296 bits per heavy atom. The van der Waals surface area contributed by atoms with Gasteiger partial charge in [-0.2, -0.15) is 0 Å². The van der Waals surface area contributed by atoms with Crippen LogP contribution in [0.15, 0.2) is 121 Å². The molecule has 0 radical (unpaired) electrons. The van der Waals surface area contributed by atoms with E-state index in [2.05, 4.69) is 0 Å². The minimum Gasteiger partial charge on any atom is -0.503 e. The maximum atomic E-state index is 11.3. The van der Waals surface area contributed by atoms with E-state index in [0.29, 0.717) is 49.7 Å². The second-order valence-electron chi connectivity index (χ2n) is 12.5. The van der Waals surface area contributed by atoms with E-state index in [1.54, 1.807) is 84.9 Å². The van der Waals surface area contributed by atoms with Crippen LogP contribution in [0.2, 0.25) is 0 Å². The molecule has 268 valence electrons. The van der Waals surface area contributed by atoms with Crippen molar-refractivity contribution in [2.75, 3.05) is 9.80 Å². The van der Waals surface area contributed by atoms with E-state index in [9.17, 15) is 51.1 Å². The molecular weight excluding hydrogens is 692 g/mol. The van der Waals surface area contributed by atoms with Gasteiger partial charge in [-0.05, 0) is 57.9 Å². The molecule has 0 aliphatic heterocycles. The van der Waals surface area contributed by atoms with Crippen LogP contribution >= 0.6 is 0 Å². The third-order valence-corrected chi connectivity index (χ3v) is 9.47. The van der Waals surface area contributed by atoms with Crippen molar-refractivity contribution in [2.45, 2.75) is 0 Å². The second-order valence-corrected chi connectivity index (χ2v) is 12.5. The molecule has 12 heteroatoms. The third-order valence-electron chi connectivity index (χ3n) is 9.47. The highest BCUT2D eigenvalue weighted by molar-refractivity contribution is 6.26. The Balaban J connectivity index is 1.54. The van der Waals surface area contributed by atoms with Crippen molar-refractivity contribution in [1.29, 1.82) is 0 Å². The fourth-order valence-electron chi connectivity index (χ4n) is 7.01. The van der Waals surface area contributed by atoms with Crippen molar-refractivity contribution in [3.63, 3.8) is 0 Å². The lowest BCUT2D eigenvalue weighted by molar-refractivity contribution is 0.329. The summed E-state index contributed by atoms with van der Waals surface area (Å²) in [6, 6.07) is 35.2. The summed E-state index contributed by atoms with van der Waals surface area (Å²) in [5.74, 6) is -10.1. The number of hydrogen-bond acceptors (Lipinski definition) is 12. The van der Waals surface area contributed by atoms with Crippen LogP contribution in [0.3, 0.4) is 0 Å². The Hall–Kier alpha value is -7.86. The van der Waals surface area contributed by atoms with Gasteiger partial charge in [-0.3, -0.25) is 0 Å². The van der Waals surface area contributed by atoms with Gasteiger partial charge in [-0.1, -0.05) is 84.9 Å². The van der Waals surface area contributed by atoms with E-state index in [4.69, 9.17) is 0 Å². The molecule has 0 bridgehead atoms. The highest BCUT2D eigenvalue weighted by Gasteiger charge is 2.32. The summed E-state index contributed by atoms with van der Waals surface area (Å²) in [7, 11) is 0. The fraction of sp³-hybridized carbons (Fsp3) is 0. The molecule has 12 nitrogen and oxygen atoms in total. The number of phenols is 10. The largest absolute Gasteiger partial charge is 0.503 e. The van der Waals surface area contributed by atoms with E-state index in [1.807, 2.05) is 36.4 Å². The van der Waals surface area contributed by atoms with E-state index in [1.165, 1.54) is 9.80 Å². The molecule has 0 amide bonds. The van der Waals surface area contributed by atoms with E-state index in [0.717, 1.165) is 5.39 Å². The van der Waals surface area contributed by atoms with Crippen molar-refractivity contribution in [3.8, 4) is 57.5 Å².